The number of hydrogen-bond donors (Lipinski definition) is 6. The van der Waals surface area contributed by atoms with E-state index in [1.54, 1.807) is 0 Å². The summed E-state index contributed by atoms with van der Waals surface area (Å²) in [5, 5.41) is 61.7. The van der Waals surface area contributed by atoms with Gasteiger partial charge in [0.2, 0.25) is 0 Å². The average molecular weight is 313 g/mol. The molecule has 0 saturated carbocycles. The maximum absolute atomic E-state index is 10.0. The Balaban J connectivity index is 0. The number of aliphatic hydroxyl groups is 6. The van der Waals surface area contributed by atoms with Crippen LogP contribution in [0.5, 0.6) is 0 Å². The molecule has 0 aliphatic heterocycles. The minimum atomic E-state index is -1.49. The van der Waals surface area contributed by atoms with Crippen molar-refractivity contribution in [1.29, 1.82) is 0 Å². The minimum absolute atomic E-state index is 0.282. The van der Waals surface area contributed by atoms with E-state index in [0.29, 0.717) is 11.0 Å². The third kappa shape index (κ3) is 13.9. The monoisotopic (exact) mass is 313 g/mol. The summed E-state index contributed by atoms with van der Waals surface area (Å²) in [5.41, 5.74) is 0. The fourth-order valence-electron chi connectivity index (χ4n) is 1.36. The molecule has 0 radical (unpaired) electrons. The SMILES string of the molecule is C[N+](C)(C)CC(O)CC(=O)[O-].OCC(O)C(O)C(O)CO. The summed E-state index contributed by atoms with van der Waals surface area (Å²) in [6, 6.07) is 0. The summed E-state index contributed by atoms with van der Waals surface area (Å²) in [6.07, 6.45) is -5.38. The van der Waals surface area contributed by atoms with Crippen LogP contribution in [-0.2, 0) is 4.79 Å². The van der Waals surface area contributed by atoms with Crippen LogP contribution in [0.3, 0.4) is 0 Å². The van der Waals surface area contributed by atoms with E-state index in [9.17, 15) is 9.90 Å². The Morgan fingerprint density at radius 2 is 1.38 bits per heavy atom. The van der Waals surface area contributed by atoms with E-state index in [2.05, 4.69) is 0 Å². The molecule has 0 aliphatic rings. The predicted molar refractivity (Wildman–Crippen MR) is 70.7 cm³/mol. The lowest BCUT2D eigenvalue weighted by atomic mass is 10.1. The van der Waals surface area contributed by atoms with Crippen LogP contribution in [0.25, 0.3) is 0 Å². The first-order valence-electron chi connectivity index (χ1n) is 6.38. The third-order valence-corrected chi connectivity index (χ3v) is 2.32. The number of aliphatic hydroxyl groups excluding tert-OH is 6. The second-order valence-electron chi connectivity index (χ2n) is 5.69. The van der Waals surface area contributed by atoms with Crippen molar-refractivity contribution in [2.45, 2.75) is 30.8 Å². The van der Waals surface area contributed by atoms with E-state index >= 15 is 0 Å². The fraction of sp³-hybridized carbons (Fsp3) is 0.917. The van der Waals surface area contributed by atoms with Gasteiger partial charge in [0.05, 0.1) is 34.4 Å². The van der Waals surface area contributed by atoms with Gasteiger partial charge in [0.1, 0.15) is 31.0 Å². The average Bonchev–Trinajstić information content (AvgIpc) is 2.33. The van der Waals surface area contributed by atoms with Gasteiger partial charge in [0.15, 0.2) is 0 Å². The molecule has 6 N–H and O–H groups in total. The molecule has 0 saturated heterocycles. The van der Waals surface area contributed by atoms with Crippen LogP contribution in [0.15, 0.2) is 0 Å². The summed E-state index contributed by atoms with van der Waals surface area (Å²) in [7, 11) is 5.66. The molecular weight excluding hydrogens is 286 g/mol. The smallest absolute Gasteiger partial charge is 0.110 e. The van der Waals surface area contributed by atoms with Gasteiger partial charge in [-0.25, -0.2) is 0 Å². The number of rotatable bonds is 8. The molecule has 9 nitrogen and oxygen atoms in total. The largest absolute Gasteiger partial charge is 0.550 e. The van der Waals surface area contributed by atoms with Gasteiger partial charge in [-0.15, -0.1) is 0 Å². The van der Waals surface area contributed by atoms with Gasteiger partial charge in [-0.1, -0.05) is 0 Å². The zero-order valence-electron chi connectivity index (χ0n) is 12.6. The Morgan fingerprint density at radius 3 is 1.62 bits per heavy atom. The maximum atomic E-state index is 10.0. The molecule has 0 rings (SSSR count). The van der Waals surface area contributed by atoms with Crippen LogP contribution < -0.4 is 5.11 Å². The Hall–Kier alpha value is -0.810. The maximum Gasteiger partial charge on any atom is 0.110 e. The van der Waals surface area contributed by atoms with E-state index in [1.807, 2.05) is 21.1 Å². The minimum Gasteiger partial charge on any atom is -0.550 e. The lowest BCUT2D eigenvalue weighted by molar-refractivity contribution is -0.873. The van der Waals surface area contributed by atoms with Gasteiger partial charge in [0.25, 0.3) is 0 Å². The quantitative estimate of drug-likeness (QED) is 0.243. The summed E-state index contributed by atoms with van der Waals surface area (Å²) in [5.74, 6) is -1.20. The fourth-order valence-corrected chi connectivity index (χ4v) is 1.36. The van der Waals surface area contributed by atoms with Crippen molar-refractivity contribution in [3.05, 3.63) is 0 Å². The van der Waals surface area contributed by atoms with Crippen LogP contribution >= 0.6 is 0 Å². The van der Waals surface area contributed by atoms with Crippen molar-refractivity contribution in [2.24, 2.45) is 0 Å². The van der Waals surface area contributed by atoms with Gasteiger partial charge >= 0.3 is 0 Å². The highest BCUT2D eigenvalue weighted by Crippen LogP contribution is 1.98. The van der Waals surface area contributed by atoms with Crippen molar-refractivity contribution in [3.63, 3.8) is 0 Å². The zero-order valence-corrected chi connectivity index (χ0v) is 12.6. The Morgan fingerprint density at radius 1 is 1.00 bits per heavy atom. The highest BCUT2D eigenvalue weighted by atomic mass is 16.4. The number of quaternary nitrogens is 1. The standard InChI is InChI=1S/C7H15NO3.C5H12O5/c1-8(2,3)5-6(9)4-7(10)11;6-1-3(8)5(10)4(9)2-7/h6,9H,4-5H2,1-3H3;3-10H,1-2H2. The van der Waals surface area contributed by atoms with Crippen molar-refractivity contribution in [3.8, 4) is 0 Å². The second kappa shape index (κ2) is 10.9. The normalized spacial score (nSPS) is 17.2. The summed E-state index contributed by atoms with van der Waals surface area (Å²) in [4.78, 5) is 10.0. The van der Waals surface area contributed by atoms with E-state index in [0.717, 1.165) is 0 Å². The van der Waals surface area contributed by atoms with Crippen LogP contribution in [0.2, 0.25) is 0 Å². The zero-order chi connectivity index (χ0) is 17.2. The van der Waals surface area contributed by atoms with E-state index in [1.165, 1.54) is 0 Å². The number of carbonyl (C=O) groups excluding carboxylic acids is 1. The molecule has 0 aromatic rings. The molecule has 0 aromatic carbocycles. The Labute approximate surface area is 123 Å². The molecule has 0 heterocycles. The van der Waals surface area contributed by atoms with Gasteiger partial charge < -0.3 is 45.0 Å². The van der Waals surface area contributed by atoms with Crippen LogP contribution in [0.1, 0.15) is 6.42 Å². The lowest BCUT2D eigenvalue weighted by Gasteiger charge is -2.26. The van der Waals surface area contributed by atoms with Gasteiger partial charge in [-0.2, -0.15) is 0 Å². The molecule has 128 valence electrons. The Kier molecular flexibility index (Phi) is 11.6. The molecule has 9 heteroatoms. The molecule has 3 atom stereocenters. The Bertz CT molecular complexity index is 271. The summed E-state index contributed by atoms with van der Waals surface area (Å²) >= 11 is 0. The molecular formula is C12H27NO8. The first-order chi connectivity index (χ1) is 9.44. The van der Waals surface area contributed by atoms with Crippen molar-refractivity contribution in [1.82, 2.24) is 0 Å². The van der Waals surface area contributed by atoms with E-state index in [-0.39, 0.29) is 6.42 Å². The van der Waals surface area contributed by atoms with Gasteiger partial charge in [0, 0.05) is 12.4 Å². The highest BCUT2D eigenvalue weighted by molar-refractivity contribution is 5.64. The van der Waals surface area contributed by atoms with Crippen LogP contribution in [0.4, 0.5) is 0 Å². The van der Waals surface area contributed by atoms with E-state index in [4.69, 9.17) is 30.6 Å². The van der Waals surface area contributed by atoms with E-state index < -0.39 is 43.6 Å². The molecule has 0 aromatic heterocycles. The lowest BCUT2D eigenvalue weighted by Crippen LogP contribution is -2.43. The van der Waals surface area contributed by atoms with Crippen molar-refractivity contribution >= 4 is 5.97 Å². The van der Waals surface area contributed by atoms with Crippen molar-refractivity contribution in [2.75, 3.05) is 40.9 Å². The molecule has 0 fully saturated rings. The number of nitrogens with zero attached hydrogens (tertiary/aromatic N) is 1. The molecule has 0 bridgehead atoms. The van der Waals surface area contributed by atoms with Gasteiger partial charge in [-0.05, 0) is 0 Å². The summed E-state index contributed by atoms with van der Waals surface area (Å²) < 4.78 is 0.550. The molecule has 0 amide bonds. The van der Waals surface area contributed by atoms with Gasteiger partial charge in [-0.3, -0.25) is 0 Å². The molecule has 3 unspecified atom stereocenters. The molecule has 0 aliphatic carbocycles. The van der Waals surface area contributed by atoms with Crippen molar-refractivity contribution < 1.29 is 45.0 Å². The molecule has 21 heavy (non-hydrogen) atoms. The summed E-state index contributed by atoms with van der Waals surface area (Å²) in [6.45, 7) is -0.857. The first-order valence-corrected chi connectivity index (χ1v) is 6.38. The van der Waals surface area contributed by atoms with Crippen LogP contribution in [-0.4, -0.2) is 106 Å². The van der Waals surface area contributed by atoms with Crippen LogP contribution in [0, 0.1) is 0 Å². The highest BCUT2D eigenvalue weighted by Gasteiger charge is 2.22. The number of carboxylic acids is 1. The number of hydrogen-bond acceptors (Lipinski definition) is 8. The predicted octanol–water partition coefficient (Wildman–Crippen LogP) is -4.75. The number of carboxylic acid groups (broad SMARTS) is 1. The third-order valence-electron chi connectivity index (χ3n) is 2.32. The topological polar surface area (TPSA) is 162 Å². The second-order valence-corrected chi connectivity index (χ2v) is 5.69. The number of carbonyl (C=O) groups is 1. The first kappa shape index (κ1) is 22.5. The number of aliphatic carboxylic acids is 1. The molecule has 0 spiro atoms. The number of likely N-dealkylation sites (N-methyl/N-ethyl adjacent to an activating group) is 1.